The summed E-state index contributed by atoms with van der Waals surface area (Å²) in [5, 5.41) is 5.05. The predicted octanol–water partition coefficient (Wildman–Crippen LogP) is 4.57. The van der Waals surface area contributed by atoms with Gasteiger partial charge < -0.3 is 5.73 Å². The van der Waals surface area contributed by atoms with Gasteiger partial charge in [0.05, 0.1) is 22.6 Å². The maximum absolute atomic E-state index is 13.5. The molecule has 2 aromatic carbocycles. The molecule has 0 saturated carbocycles. The molecular weight excluding hydrogens is 312 g/mol. The van der Waals surface area contributed by atoms with E-state index in [1.807, 2.05) is 12.1 Å². The van der Waals surface area contributed by atoms with Crippen LogP contribution < -0.4 is 5.73 Å². The standard InChI is InChI=1S/C15H10Cl2FN3/c16-10-3-1-2-9(6-10)15-14(19)8-21(20-15)11-4-5-12(17)13(18)7-11/h1-8H,19H2. The van der Waals surface area contributed by atoms with Gasteiger partial charge in [-0.25, -0.2) is 9.07 Å². The summed E-state index contributed by atoms with van der Waals surface area (Å²) < 4.78 is 15.0. The van der Waals surface area contributed by atoms with Gasteiger partial charge >= 0.3 is 0 Å². The van der Waals surface area contributed by atoms with E-state index in [4.69, 9.17) is 28.9 Å². The molecule has 2 N–H and O–H groups in total. The highest BCUT2D eigenvalue weighted by Crippen LogP contribution is 2.28. The van der Waals surface area contributed by atoms with Crippen LogP contribution in [0.4, 0.5) is 10.1 Å². The van der Waals surface area contributed by atoms with Crippen molar-refractivity contribution >= 4 is 28.9 Å². The molecular formula is C15H10Cl2FN3. The highest BCUT2D eigenvalue weighted by atomic mass is 35.5. The fourth-order valence-corrected chi connectivity index (χ4v) is 2.32. The van der Waals surface area contributed by atoms with Crippen LogP contribution in [0.25, 0.3) is 16.9 Å². The van der Waals surface area contributed by atoms with Gasteiger partial charge in [-0.2, -0.15) is 5.10 Å². The fraction of sp³-hybridized carbons (Fsp3) is 0. The number of aromatic nitrogens is 2. The van der Waals surface area contributed by atoms with Gasteiger partial charge in [-0.3, -0.25) is 0 Å². The van der Waals surface area contributed by atoms with Crippen LogP contribution in [-0.2, 0) is 0 Å². The summed E-state index contributed by atoms with van der Waals surface area (Å²) in [6.07, 6.45) is 1.62. The molecule has 0 spiro atoms. The number of nitrogens with zero attached hydrogens (tertiary/aromatic N) is 2. The third-order valence-electron chi connectivity index (χ3n) is 3.01. The summed E-state index contributed by atoms with van der Waals surface area (Å²) in [7, 11) is 0. The van der Waals surface area contributed by atoms with Crippen molar-refractivity contribution < 1.29 is 4.39 Å². The second kappa shape index (κ2) is 5.39. The van der Waals surface area contributed by atoms with Crippen molar-refractivity contribution in [3.05, 3.63) is 64.5 Å². The minimum Gasteiger partial charge on any atom is -0.396 e. The topological polar surface area (TPSA) is 43.8 Å². The van der Waals surface area contributed by atoms with Gasteiger partial charge in [-0.05, 0) is 24.3 Å². The molecule has 0 aliphatic carbocycles. The van der Waals surface area contributed by atoms with E-state index in [9.17, 15) is 4.39 Å². The van der Waals surface area contributed by atoms with Crippen molar-refractivity contribution in [1.82, 2.24) is 9.78 Å². The predicted molar refractivity (Wildman–Crippen MR) is 83.4 cm³/mol. The number of nitrogen functional groups attached to an aromatic ring is 1. The molecule has 0 radical (unpaired) electrons. The smallest absolute Gasteiger partial charge is 0.143 e. The molecule has 0 unspecified atom stereocenters. The zero-order valence-electron chi connectivity index (χ0n) is 10.7. The summed E-state index contributed by atoms with van der Waals surface area (Å²) in [4.78, 5) is 0. The molecule has 3 nitrogen and oxygen atoms in total. The second-order valence-electron chi connectivity index (χ2n) is 4.49. The highest BCUT2D eigenvalue weighted by molar-refractivity contribution is 6.31. The Morgan fingerprint density at radius 2 is 1.90 bits per heavy atom. The number of benzene rings is 2. The lowest BCUT2D eigenvalue weighted by atomic mass is 10.1. The number of hydrogen-bond donors (Lipinski definition) is 1. The van der Waals surface area contributed by atoms with Gasteiger partial charge in [-0.1, -0.05) is 35.3 Å². The molecule has 0 atom stereocenters. The zero-order valence-corrected chi connectivity index (χ0v) is 12.2. The van der Waals surface area contributed by atoms with E-state index in [-0.39, 0.29) is 5.02 Å². The minimum atomic E-state index is -0.507. The molecule has 0 amide bonds. The van der Waals surface area contributed by atoms with E-state index in [2.05, 4.69) is 5.10 Å². The normalized spacial score (nSPS) is 10.8. The molecule has 1 aromatic heterocycles. The number of anilines is 1. The van der Waals surface area contributed by atoms with Crippen LogP contribution in [0.3, 0.4) is 0 Å². The van der Waals surface area contributed by atoms with Crippen LogP contribution in [0.2, 0.25) is 10.0 Å². The van der Waals surface area contributed by atoms with Crippen LogP contribution in [0.15, 0.2) is 48.7 Å². The summed E-state index contributed by atoms with van der Waals surface area (Å²) in [5.74, 6) is -0.507. The van der Waals surface area contributed by atoms with Crippen LogP contribution in [0.1, 0.15) is 0 Å². The van der Waals surface area contributed by atoms with Crippen molar-refractivity contribution in [3.8, 4) is 16.9 Å². The van der Waals surface area contributed by atoms with Crippen LogP contribution >= 0.6 is 23.2 Å². The van der Waals surface area contributed by atoms with Gasteiger partial charge in [0.15, 0.2) is 0 Å². The number of rotatable bonds is 2. The first kappa shape index (κ1) is 13.9. The van der Waals surface area contributed by atoms with Gasteiger partial charge in [0, 0.05) is 16.7 Å². The monoisotopic (exact) mass is 321 g/mol. The van der Waals surface area contributed by atoms with Gasteiger partial charge in [0.25, 0.3) is 0 Å². The third-order valence-corrected chi connectivity index (χ3v) is 3.55. The number of halogens is 3. The molecule has 0 saturated heterocycles. The van der Waals surface area contributed by atoms with Crippen molar-refractivity contribution in [2.24, 2.45) is 0 Å². The SMILES string of the molecule is Nc1cn(-c2ccc(Cl)c(F)c2)nc1-c1cccc(Cl)c1. The van der Waals surface area contributed by atoms with Gasteiger partial charge in [-0.15, -0.1) is 0 Å². The zero-order chi connectivity index (χ0) is 15.0. The molecule has 0 fully saturated rings. The highest BCUT2D eigenvalue weighted by Gasteiger charge is 2.11. The Morgan fingerprint density at radius 3 is 2.62 bits per heavy atom. The summed E-state index contributed by atoms with van der Waals surface area (Å²) in [6.45, 7) is 0. The van der Waals surface area contributed by atoms with E-state index < -0.39 is 5.82 Å². The molecule has 0 bridgehead atoms. The lowest BCUT2D eigenvalue weighted by Gasteiger charge is -2.02. The lowest BCUT2D eigenvalue weighted by Crippen LogP contribution is -1.95. The Bertz CT molecular complexity index is 814. The Labute approximate surface area is 130 Å². The summed E-state index contributed by atoms with van der Waals surface area (Å²) >= 11 is 11.6. The Kier molecular flexibility index (Phi) is 3.57. The maximum Gasteiger partial charge on any atom is 0.143 e. The molecule has 21 heavy (non-hydrogen) atoms. The van der Waals surface area contributed by atoms with E-state index in [1.54, 1.807) is 24.4 Å². The minimum absolute atomic E-state index is 0.0638. The first-order valence-corrected chi connectivity index (χ1v) is 6.87. The van der Waals surface area contributed by atoms with Crippen LogP contribution in [0.5, 0.6) is 0 Å². The molecule has 0 aliphatic heterocycles. The van der Waals surface area contributed by atoms with Gasteiger partial charge in [0.1, 0.15) is 11.5 Å². The summed E-state index contributed by atoms with van der Waals surface area (Å²) in [6, 6.07) is 11.7. The van der Waals surface area contributed by atoms with Crippen molar-refractivity contribution in [2.75, 3.05) is 5.73 Å². The van der Waals surface area contributed by atoms with E-state index in [0.717, 1.165) is 5.56 Å². The van der Waals surface area contributed by atoms with Crippen molar-refractivity contribution in [3.63, 3.8) is 0 Å². The molecule has 3 rings (SSSR count). The average molecular weight is 322 g/mol. The average Bonchev–Trinajstić information content (AvgIpc) is 2.84. The fourth-order valence-electron chi connectivity index (χ4n) is 2.01. The first-order valence-electron chi connectivity index (χ1n) is 6.11. The Hall–Kier alpha value is -2.04. The molecule has 106 valence electrons. The number of hydrogen-bond acceptors (Lipinski definition) is 2. The molecule has 3 aromatic rings. The van der Waals surface area contributed by atoms with E-state index in [0.29, 0.717) is 22.1 Å². The van der Waals surface area contributed by atoms with Crippen molar-refractivity contribution in [2.45, 2.75) is 0 Å². The second-order valence-corrected chi connectivity index (χ2v) is 5.33. The Morgan fingerprint density at radius 1 is 1.10 bits per heavy atom. The van der Waals surface area contributed by atoms with E-state index in [1.165, 1.54) is 16.8 Å². The quantitative estimate of drug-likeness (QED) is 0.751. The van der Waals surface area contributed by atoms with Crippen LogP contribution in [0, 0.1) is 5.82 Å². The first-order chi connectivity index (χ1) is 10.0. The molecule has 1 heterocycles. The third kappa shape index (κ3) is 2.73. The van der Waals surface area contributed by atoms with E-state index >= 15 is 0 Å². The van der Waals surface area contributed by atoms with Crippen LogP contribution in [-0.4, -0.2) is 9.78 Å². The maximum atomic E-state index is 13.5. The Balaban J connectivity index is 2.07. The number of nitrogens with two attached hydrogens (primary N) is 1. The largest absolute Gasteiger partial charge is 0.396 e. The lowest BCUT2D eigenvalue weighted by molar-refractivity contribution is 0.626. The summed E-state index contributed by atoms with van der Waals surface area (Å²) in [5.41, 5.74) is 8.39. The van der Waals surface area contributed by atoms with Crippen molar-refractivity contribution in [1.29, 1.82) is 0 Å². The molecule has 0 aliphatic rings. The molecule has 6 heteroatoms. The van der Waals surface area contributed by atoms with Gasteiger partial charge in [0.2, 0.25) is 0 Å².